The van der Waals surface area contributed by atoms with Crippen LogP contribution >= 0.6 is 0 Å². The Morgan fingerprint density at radius 1 is 1.08 bits per heavy atom. The number of hydrogen-bond donors (Lipinski definition) is 0. The van der Waals surface area contributed by atoms with E-state index in [1.54, 1.807) is 19.3 Å². The van der Waals surface area contributed by atoms with Crippen LogP contribution in [-0.2, 0) is 10.2 Å². The average Bonchev–Trinajstić information content (AvgIpc) is 3.54. The average molecular weight is 478 g/mol. The van der Waals surface area contributed by atoms with Crippen molar-refractivity contribution in [1.82, 2.24) is 24.7 Å². The van der Waals surface area contributed by atoms with E-state index in [4.69, 9.17) is 14.5 Å². The second-order valence-electron chi connectivity index (χ2n) is 9.72. The summed E-state index contributed by atoms with van der Waals surface area (Å²) in [6, 6.07) is 14.2. The molecule has 7 nitrogen and oxygen atoms in total. The summed E-state index contributed by atoms with van der Waals surface area (Å²) in [4.78, 5) is 26.7. The van der Waals surface area contributed by atoms with E-state index in [1.165, 1.54) is 0 Å². The van der Waals surface area contributed by atoms with Gasteiger partial charge in [-0.05, 0) is 63.8 Å². The molecule has 36 heavy (non-hydrogen) atoms. The third-order valence-corrected chi connectivity index (χ3v) is 7.52. The van der Waals surface area contributed by atoms with Crippen molar-refractivity contribution >= 4 is 16.9 Å². The molecule has 1 fully saturated rings. The number of ketones is 1. The van der Waals surface area contributed by atoms with Crippen LogP contribution in [0.25, 0.3) is 33.5 Å². The quantitative estimate of drug-likeness (QED) is 0.298. The molecule has 1 atom stereocenters. The van der Waals surface area contributed by atoms with Crippen molar-refractivity contribution < 1.29 is 9.32 Å². The number of carbonyl (C=O) groups excluding carboxylic acids is 1. The lowest BCUT2D eigenvalue weighted by atomic mass is 9.91. The van der Waals surface area contributed by atoms with E-state index in [0.29, 0.717) is 5.76 Å². The molecule has 0 bridgehead atoms. The lowest BCUT2D eigenvalue weighted by molar-refractivity contribution is -0.119. The van der Waals surface area contributed by atoms with Crippen LogP contribution in [0.3, 0.4) is 0 Å². The first kappa shape index (κ1) is 22.3. The predicted molar refractivity (Wildman–Crippen MR) is 138 cm³/mol. The van der Waals surface area contributed by atoms with Gasteiger partial charge in [-0.2, -0.15) is 0 Å². The summed E-state index contributed by atoms with van der Waals surface area (Å²) in [6.45, 7) is 7.60. The fourth-order valence-corrected chi connectivity index (χ4v) is 5.19. The van der Waals surface area contributed by atoms with Crippen molar-refractivity contribution in [2.75, 3.05) is 0 Å². The minimum atomic E-state index is -0.289. The molecule has 1 aliphatic rings. The van der Waals surface area contributed by atoms with E-state index < -0.39 is 0 Å². The molecular weight excluding hydrogens is 450 g/mol. The van der Waals surface area contributed by atoms with Gasteiger partial charge in [0.05, 0.1) is 40.3 Å². The zero-order chi connectivity index (χ0) is 25.0. The number of pyridine rings is 1. The Morgan fingerprint density at radius 3 is 2.47 bits per heavy atom. The largest absolute Gasteiger partial charge is 0.361 e. The first-order valence-corrected chi connectivity index (χ1v) is 12.2. The summed E-state index contributed by atoms with van der Waals surface area (Å²) in [6.07, 6.45) is 7.56. The van der Waals surface area contributed by atoms with Gasteiger partial charge in [0.2, 0.25) is 0 Å². The number of nitrogens with zero attached hydrogens (tertiary/aromatic N) is 5. The molecule has 0 N–H and O–H groups in total. The third kappa shape index (κ3) is 3.46. The summed E-state index contributed by atoms with van der Waals surface area (Å²) in [5.74, 6) is 0.959. The Balaban J connectivity index is 1.51. The summed E-state index contributed by atoms with van der Waals surface area (Å²) in [7, 11) is 0. The normalized spacial score (nSPS) is 15.2. The van der Waals surface area contributed by atoms with E-state index in [1.807, 2.05) is 32.0 Å². The molecule has 5 aromatic rings. The lowest BCUT2D eigenvalue weighted by Crippen LogP contribution is -2.16. The number of benzene rings is 1. The van der Waals surface area contributed by atoms with Crippen LogP contribution in [0.2, 0.25) is 0 Å². The van der Waals surface area contributed by atoms with Crippen LogP contribution in [0, 0.1) is 13.8 Å². The SMILES string of the molecule is CC(=O)C1(c2ccc(-c3cn([C@@H](C)c4ccccn4)c4nc(-c5c(C)noc5C)cnc34)cc2)CC1. The maximum absolute atomic E-state index is 12.2. The van der Waals surface area contributed by atoms with E-state index in [-0.39, 0.29) is 17.2 Å². The van der Waals surface area contributed by atoms with Gasteiger partial charge in [0.25, 0.3) is 0 Å². The number of Topliss-reactive ketones (excluding diaryl/α,β-unsaturated/α-hetero) is 1. The highest BCUT2D eigenvalue weighted by atomic mass is 16.5. The van der Waals surface area contributed by atoms with Gasteiger partial charge in [-0.15, -0.1) is 0 Å². The Kier molecular flexibility index (Phi) is 5.10. The molecule has 4 heterocycles. The molecule has 6 rings (SSSR count). The Morgan fingerprint density at radius 2 is 1.86 bits per heavy atom. The van der Waals surface area contributed by atoms with Gasteiger partial charge in [0, 0.05) is 18.0 Å². The molecule has 1 saturated carbocycles. The smallest absolute Gasteiger partial charge is 0.160 e. The van der Waals surface area contributed by atoms with Gasteiger partial charge in [0.15, 0.2) is 5.65 Å². The predicted octanol–water partition coefficient (Wildman–Crippen LogP) is 6.00. The number of carbonyl (C=O) groups is 1. The van der Waals surface area contributed by atoms with Gasteiger partial charge in [0.1, 0.15) is 17.1 Å². The zero-order valence-corrected chi connectivity index (χ0v) is 20.8. The Hall–Kier alpha value is -4.13. The number of fused-ring (bicyclic) bond motifs is 1. The molecule has 0 radical (unpaired) electrons. The van der Waals surface area contributed by atoms with E-state index >= 15 is 0 Å². The maximum Gasteiger partial charge on any atom is 0.160 e. The van der Waals surface area contributed by atoms with Crippen LogP contribution in [0.15, 0.2) is 65.6 Å². The molecule has 1 aliphatic carbocycles. The highest BCUT2D eigenvalue weighted by Crippen LogP contribution is 2.49. The molecule has 0 unspecified atom stereocenters. The zero-order valence-electron chi connectivity index (χ0n) is 20.8. The fourth-order valence-electron chi connectivity index (χ4n) is 5.19. The number of hydrogen-bond acceptors (Lipinski definition) is 6. The van der Waals surface area contributed by atoms with Gasteiger partial charge in [-0.1, -0.05) is 35.5 Å². The van der Waals surface area contributed by atoms with Crippen LogP contribution in [0.1, 0.15) is 55.4 Å². The summed E-state index contributed by atoms with van der Waals surface area (Å²) in [5, 5.41) is 4.09. The van der Waals surface area contributed by atoms with Gasteiger partial charge < -0.3 is 9.09 Å². The number of aromatic nitrogens is 5. The molecule has 1 aromatic carbocycles. The van der Waals surface area contributed by atoms with Gasteiger partial charge in [-0.3, -0.25) is 9.78 Å². The summed E-state index contributed by atoms with van der Waals surface area (Å²) in [5.41, 5.74) is 7.74. The molecule has 4 aromatic heterocycles. The standard InChI is InChI=1S/C29H27N5O2/c1-17-26(19(3)36-33-17)25-15-31-27-23(21-8-10-22(11-9-21)29(12-13-29)20(4)35)16-34(28(27)32-25)18(2)24-7-5-6-14-30-24/h5-11,14-16,18H,12-13H2,1-4H3/t18-/m0/s1. The van der Waals surface area contributed by atoms with Crippen molar-refractivity contribution in [3.63, 3.8) is 0 Å². The molecule has 0 spiro atoms. The van der Waals surface area contributed by atoms with Crippen molar-refractivity contribution in [3.05, 3.63) is 83.8 Å². The minimum Gasteiger partial charge on any atom is -0.361 e. The lowest BCUT2D eigenvalue weighted by Gasteiger charge is -2.14. The monoisotopic (exact) mass is 477 g/mol. The molecule has 7 heteroatoms. The van der Waals surface area contributed by atoms with Crippen LogP contribution in [0.5, 0.6) is 0 Å². The van der Waals surface area contributed by atoms with Crippen molar-refractivity contribution in [3.8, 4) is 22.4 Å². The van der Waals surface area contributed by atoms with E-state index in [9.17, 15) is 4.79 Å². The van der Waals surface area contributed by atoms with Crippen LogP contribution in [-0.4, -0.2) is 30.5 Å². The highest BCUT2D eigenvalue weighted by Gasteiger charge is 2.48. The van der Waals surface area contributed by atoms with Gasteiger partial charge >= 0.3 is 0 Å². The first-order valence-electron chi connectivity index (χ1n) is 12.2. The summed E-state index contributed by atoms with van der Waals surface area (Å²) >= 11 is 0. The third-order valence-electron chi connectivity index (χ3n) is 7.52. The molecule has 180 valence electrons. The summed E-state index contributed by atoms with van der Waals surface area (Å²) < 4.78 is 7.52. The topological polar surface area (TPSA) is 86.7 Å². The van der Waals surface area contributed by atoms with E-state index in [2.05, 4.69) is 52.1 Å². The molecule has 0 aliphatic heterocycles. The molecule has 0 amide bonds. The van der Waals surface area contributed by atoms with Gasteiger partial charge in [-0.25, -0.2) is 9.97 Å². The molecule has 0 saturated heterocycles. The van der Waals surface area contributed by atoms with E-state index in [0.717, 1.165) is 63.3 Å². The Labute approximate surface area is 209 Å². The minimum absolute atomic E-state index is 0.0524. The van der Waals surface area contributed by atoms with Crippen LogP contribution < -0.4 is 0 Å². The first-order chi connectivity index (χ1) is 17.4. The Bertz CT molecular complexity index is 1580. The maximum atomic E-state index is 12.2. The highest BCUT2D eigenvalue weighted by molar-refractivity contribution is 5.93. The number of aryl methyl sites for hydroxylation is 2. The fraction of sp³-hybridized carbons (Fsp3) is 0.276. The van der Waals surface area contributed by atoms with Crippen molar-refractivity contribution in [2.24, 2.45) is 0 Å². The number of rotatable bonds is 6. The second-order valence-corrected chi connectivity index (χ2v) is 9.72. The second kappa shape index (κ2) is 8.22. The van der Waals surface area contributed by atoms with Crippen molar-refractivity contribution in [2.45, 2.75) is 52.0 Å². The molecular formula is C29H27N5O2. The van der Waals surface area contributed by atoms with Crippen LogP contribution in [0.4, 0.5) is 0 Å². The van der Waals surface area contributed by atoms with Crippen molar-refractivity contribution in [1.29, 1.82) is 0 Å².